The summed E-state index contributed by atoms with van der Waals surface area (Å²) in [5.74, 6) is 1.10. The first-order valence-electron chi connectivity index (χ1n) is 5.50. The van der Waals surface area contributed by atoms with Gasteiger partial charge in [-0.05, 0) is 39.1 Å². The van der Waals surface area contributed by atoms with E-state index in [4.69, 9.17) is 0 Å². The number of benzene rings is 1. The summed E-state index contributed by atoms with van der Waals surface area (Å²) in [6.45, 7) is 5.22. The predicted octanol–water partition coefficient (Wildman–Crippen LogP) is 3.10. The number of fused-ring (bicyclic) bond motifs is 1. The van der Waals surface area contributed by atoms with Crippen LogP contribution in [0.2, 0.25) is 0 Å². The highest BCUT2D eigenvalue weighted by Crippen LogP contribution is 2.23. The molecule has 1 atom stereocenters. The molecule has 2 aromatic rings. The predicted molar refractivity (Wildman–Crippen MR) is 70.6 cm³/mol. The monoisotopic (exact) mass is 281 g/mol. The summed E-state index contributed by atoms with van der Waals surface area (Å²) in [6, 6.07) is 6.50. The first kappa shape index (κ1) is 11.6. The lowest BCUT2D eigenvalue weighted by molar-refractivity contribution is 0.570. The molecule has 1 unspecified atom stereocenters. The van der Waals surface area contributed by atoms with Crippen molar-refractivity contribution in [3.63, 3.8) is 0 Å². The Morgan fingerprint density at radius 1 is 1.50 bits per heavy atom. The fourth-order valence-corrected chi connectivity index (χ4v) is 2.26. The van der Waals surface area contributed by atoms with Crippen LogP contribution in [0, 0.1) is 0 Å². The zero-order chi connectivity index (χ0) is 11.7. The molecule has 1 N–H and O–H groups in total. The van der Waals surface area contributed by atoms with Gasteiger partial charge in [0.15, 0.2) is 0 Å². The fraction of sp³-hybridized carbons (Fsp3) is 0.417. The maximum absolute atomic E-state index is 4.69. The second-order valence-corrected chi connectivity index (χ2v) is 4.77. The molecule has 0 radical (unpaired) electrons. The highest BCUT2D eigenvalue weighted by Gasteiger charge is 2.14. The van der Waals surface area contributed by atoms with Crippen molar-refractivity contribution in [2.75, 3.05) is 7.05 Å². The number of hydrogen-bond donors (Lipinski definition) is 1. The van der Waals surface area contributed by atoms with E-state index in [9.17, 15) is 0 Å². The highest BCUT2D eigenvalue weighted by atomic mass is 79.9. The highest BCUT2D eigenvalue weighted by molar-refractivity contribution is 9.10. The summed E-state index contributed by atoms with van der Waals surface area (Å²) >= 11 is 3.48. The van der Waals surface area contributed by atoms with Crippen molar-refractivity contribution < 1.29 is 0 Å². The Morgan fingerprint density at radius 3 is 2.88 bits per heavy atom. The molecule has 0 fully saturated rings. The number of nitrogens with zero attached hydrogens (tertiary/aromatic N) is 2. The molecule has 0 amide bonds. The Kier molecular flexibility index (Phi) is 3.30. The maximum Gasteiger partial charge on any atom is 0.126 e. The largest absolute Gasteiger partial charge is 0.327 e. The first-order valence-corrected chi connectivity index (χ1v) is 6.29. The molecule has 0 aliphatic rings. The van der Waals surface area contributed by atoms with Crippen LogP contribution in [0.4, 0.5) is 0 Å². The molecule has 1 aromatic carbocycles. The first-order chi connectivity index (χ1) is 7.67. The van der Waals surface area contributed by atoms with Gasteiger partial charge in [-0.15, -0.1) is 0 Å². The molecule has 4 heteroatoms. The van der Waals surface area contributed by atoms with Gasteiger partial charge in [0, 0.05) is 11.0 Å². The minimum atomic E-state index is 0.270. The van der Waals surface area contributed by atoms with Gasteiger partial charge < -0.3 is 9.88 Å². The standard InChI is InChI=1S/C12H16BrN3/c1-4-16-11-6-5-9(13)7-10(11)15-12(16)8(2)14-3/h5-8,14H,4H2,1-3H3. The SMILES string of the molecule is CCn1c(C(C)NC)nc2cc(Br)ccc21. The maximum atomic E-state index is 4.69. The average molecular weight is 282 g/mol. The van der Waals surface area contributed by atoms with Gasteiger partial charge in [-0.1, -0.05) is 15.9 Å². The zero-order valence-electron chi connectivity index (χ0n) is 9.79. The van der Waals surface area contributed by atoms with Crippen LogP contribution in [0.15, 0.2) is 22.7 Å². The Hall–Kier alpha value is -0.870. The van der Waals surface area contributed by atoms with Crippen molar-refractivity contribution in [2.45, 2.75) is 26.4 Å². The summed E-state index contributed by atoms with van der Waals surface area (Å²) in [4.78, 5) is 4.69. The third kappa shape index (κ3) is 1.87. The summed E-state index contributed by atoms with van der Waals surface area (Å²) in [6.07, 6.45) is 0. The minimum absolute atomic E-state index is 0.270. The number of hydrogen-bond acceptors (Lipinski definition) is 2. The van der Waals surface area contributed by atoms with Gasteiger partial charge in [0.25, 0.3) is 0 Å². The van der Waals surface area contributed by atoms with Crippen molar-refractivity contribution in [3.05, 3.63) is 28.5 Å². The third-order valence-electron chi connectivity index (χ3n) is 2.88. The third-order valence-corrected chi connectivity index (χ3v) is 3.37. The number of halogens is 1. The molecule has 0 aliphatic carbocycles. The lowest BCUT2D eigenvalue weighted by Gasteiger charge is -2.11. The molecule has 16 heavy (non-hydrogen) atoms. The molecule has 1 heterocycles. The van der Waals surface area contributed by atoms with Crippen LogP contribution in [-0.2, 0) is 6.54 Å². The number of aryl methyl sites for hydroxylation is 1. The summed E-state index contributed by atoms with van der Waals surface area (Å²) in [7, 11) is 1.96. The van der Waals surface area contributed by atoms with E-state index in [0.29, 0.717) is 0 Å². The number of nitrogens with one attached hydrogen (secondary N) is 1. The summed E-state index contributed by atoms with van der Waals surface area (Å²) in [5.41, 5.74) is 2.25. The van der Waals surface area contributed by atoms with E-state index in [1.807, 2.05) is 7.05 Å². The lowest BCUT2D eigenvalue weighted by Crippen LogP contribution is -2.17. The molecular formula is C12H16BrN3. The summed E-state index contributed by atoms with van der Waals surface area (Å²) < 4.78 is 3.33. The van der Waals surface area contributed by atoms with E-state index in [-0.39, 0.29) is 6.04 Å². The molecular weight excluding hydrogens is 266 g/mol. The molecule has 0 saturated carbocycles. The Bertz CT molecular complexity index is 504. The zero-order valence-corrected chi connectivity index (χ0v) is 11.4. The molecule has 2 rings (SSSR count). The molecule has 1 aromatic heterocycles. The van der Waals surface area contributed by atoms with Crippen molar-refractivity contribution in [3.8, 4) is 0 Å². The van der Waals surface area contributed by atoms with Crippen LogP contribution in [0.3, 0.4) is 0 Å². The molecule has 3 nitrogen and oxygen atoms in total. The van der Waals surface area contributed by atoms with Crippen LogP contribution in [0.5, 0.6) is 0 Å². The molecule has 0 saturated heterocycles. The van der Waals surface area contributed by atoms with Crippen LogP contribution in [-0.4, -0.2) is 16.6 Å². The van der Waals surface area contributed by atoms with Gasteiger partial charge in [-0.25, -0.2) is 4.98 Å². The Morgan fingerprint density at radius 2 is 2.25 bits per heavy atom. The quantitative estimate of drug-likeness (QED) is 0.937. The van der Waals surface area contributed by atoms with Gasteiger partial charge >= 0.3 is 0 Å². The van der Waals surface area contributed by atoms with Crippen LogP contribution >= 0.6 is 15.9 Å². The van der Waals surface area contributed by atoms with Crippen LogP contribution in [0.1, 0.15) is 25.7 Å². The second-order valence-electron chi connectivity index (χ2n) is 3.86. The number of aromatic nitrogens is 2. The molecule has 0 bridgehead atoms. The smallest absolute Gasteiger partial charge is 0.126 e. The van der Waals surface area contributed by atoms with Gasteiger partial charge in [0.05, 0.1) is 17.1 Å². The normalized spacial score (nSPS) is 13.2. The van der Waals surface area contributed by atoms with E-state index < -0.39 is 0 Å². The van der Waals surface area contributed by atoms with Gasteiger partial charge in [-0.2, -0.15) is 0 Å². The Balaban J connectivity index is 2.65. The van der Waals surface area contributed by atoms with Crippen molar-refractivity contribution in [1.82, 2.24) is 14.9 Å². The van der Waals surface area contributed by atoms with E-state index in [1.54, 1.807) is 0 Å². The molecule has 86 valence electrons. The van der Waals surface area contributed by atoms with Gasteiger partial charge in [-0.3, -0.25) is 0 Å². The van der Waals surface area contributed by atoms with Crippen LogP contribution in [0.25, 0.3) is 11.0 Å². The fourth-order valence-electron chi connectivity index (χ4n) is 1.91. The average Bonchev–Trinajstić information content (AvgIpc) is 2.65. The van der Waals surface area contributed by atoms with E-state index in [2.05, 4.69) is 62.8 Å². The van der Waals surface area contributed by atoms with E-state index in [0.717, 1.165) is 22.4 Å². The minimum Gasteiger partial charge on any atom is -0.327 e. The molecule has 0 aliphatic heterocycles. The summed E-state index contributed by atoms with van der Waals surface area (Å²) in [5, 5.41) is 3.24. The van der Waals surface area contributed by atoms with E-state index >= 15 is 0 Å². The van der Waals surface area contributed by atoms with E-state index in [1.165, 1.54) is 5.52 Å². The number of imidazole rings is 1. The van der Waals surface area contributed by atoms with Gasteiger partial charge in [0.2, 0.25) is 0 Å². The topological polar surface area (TPSA) is 29.9 Å². The lowest BCUT2D eigenvalue weighted by atomic mass is 10.3. The van der Waals surface area contributed by atoms with Crippen molar-refractivity contribution in [2.24, 2.45) is 0 Å². The number of rotatable bonds is 3. The molecule has 0 spiro atoms. The Labute approximate surface area is 104 Å². The van der Waals surface area contributed by atoms with Crippen molar-refractivity contribution in [1.29, 1.82) is 0 Å². The second kappa shape index (κ2) is 4.55. The van der Waals surface area contributed by atoms with Crippen molar-refractivity contribution >= 4 is 27.0 Å². The van der Waals surface area contributed by atoms with Gasteiger partial charge in [0.1, 0.15) is 5.82 Å². The van der Waals surface area contributed by atoms with Crippen LogP contribution < -0.4 is 5.32 Å².